The maximum Gasteiger partial charge on any atom is 0.306 e. The monoisotopic (exact) mass is 226 g/mol. The van der Waals surface area contributed by atoms with Crippen molar-refractivity contribution in [3.8, 4) is 0 Å². The molecule has 94 valence electrons. The van der Waals surface area contributed by atoms with E-state index in [1.807, 2.05) is 6.92 Å². The molecule has 0 aromatic heterocycles. The lowest BCUT2D eigenvalue weighted by atomic mass is 9.68. The molecule has 0 aliphatic heterocycles. The summed E-state index contributed by atoms with van der Waals surface area (Å²) in [6.45, 7) is 8.96. The summed E-state index contributed by atoms with van der Waals surface area (Å²) in [4.78, 5) is 11.4. The lowest BCUT2D eigenvalue weighted by Gasteiger charge is -2.40. The summed E-state index contributed by atoms with van der Waals surface area (Å²) in [7, 11) is 0. The molecular weight excluding hydrogens is 200 g/mol. The highest BCUT2D eigenvalue weighted by atomic mass is 16.5. The minimum Gasteiger partial charge on any atom is -0.462 e. The van der Waals surface area contributed by atoms with Gasteiger partial charge in [-0.3, -0.25) is 4.79 Å². The van der Waals surface area contributed by atoms with Gasteiger partial charge in [0.25, 0.3) is 0 Å². The van der Waals surface area contributed by atoms with Crippen LogP contribution in [0.2, 0.25) is 0 Å². The fraction of sp³-hybridized carbons (Fsp3) is 0.929. The van der Waals surface area contributed by atoms with E-state index in [2.05, 4.69) is 20.8 Å². The molecule has 0 atom stereocenters. The summed E-state index contributed by atoms with van der Waals surface area (Å²) in [5, 5.41) is 0. The fourth-order valence-corrected chi connectivity index (χ4v) is 2.39. The molecule has 0 saturated heterocycles. The standard InChI is InChI=1S/C14H26O2/c1-5-6-13(15)16-12-7-9-14(4,10-8-12)11(2)3/h11-12H,5-10H2,1-4H3. The van der Waals surface area contributed by atoms with E-state index in [1.54, 1.807) is 0 Å². The van der Waals surface area contributed by atoms with Gasteiger partial charge < -0.3 is 4.74 Å². The number of hydrogen-bond donors (Lipinski definition) is 0. The summed E-state index contributed by atoms with van der Waals surface area (Å²) in [6, 6.07) is 0. The molecule has 0 aromatic rings. The predicted octanol–water partition coefficient (Wildman–Crippen LogP) is 3.93. The topological polar surface area (TPSA) is 26.3 Å². The van der Waals surface area contributed by atoms with E-state index in [0.717, 1.165) is 25.2 Å². The normalized spacial score (nSPS) is 30.4. The second kappa shape index (κ2) is 5.70. The van der Waals surface area contributed by atoms with Crippen LogP contribution in [0, 0.1) is 11.3 Å². The SMILES string of the molecule is CCCC(=O)OC1CCC(C)(C(C)C)CC1. The summed E-state index contributed by atoms with van der Waals surface area (Å²) < 4.78 is 5.47. The Morgan fingerprint density at radius 1 is 1.38 bits per heavy atom. The Hall–Kier alpha value is -0.530. The van der Waals surface area contributed by atoms with E-state index in [0.29, 0.717) is 11.8 Å². The Morgan fingerprint density at radius 3 is 2.38 bits per heavy atom. The Bertz CT molecular complexity index is 225. The molecule has 1 saturated carbocycles. The van der Waals surface area contributed by atoms with Crippen LogP contribution in [0.4, 0.5) is 0 Å². The summed E-state index contributed by atoms with van der Waals surface area (Å²) in [6.07, 6.45) is 6.11. The first-order chi connectivity index (χ1) is 7.48. The molecule has 1 aliphatic rings. The summed E-state index contributed by atoms with van der Waals surface area (Å²) in [5.41, 5.74) is 0.452. The number of rotatable bonds is 4. The second-order valence-electron chi connectivity index (χ2n) is 5.75. The maximum absolute atomic E-state index is 11.4. The highest BCUT2D eigenvalue weighted by Gasteiger charge is 2.34. The van der Waals surface area contributed by atoms with Gasteiger partial charge in [-0.1, -0.05) is 27.7 Å². The lowest BCUT2D eigenvalue weighted by molar-refractivity contribution is -0.152. The first-order valence-corrected chi connectivity index (χ1v) is 6.67. The molecule has 0 heterocycles. The molecule has 0 N–H and O–H groups in total. The van der Waals surface area contributed by atoms with Crippen LogP contribution >= 0.6 is 0 Å². The summed E-state index contributed by atoms with van der Waals surface area (Å²) in [5.74, 6) is 0.709. The Balaban J connectivity index is 2.35. The molecule has 0 unspecified atom stereocenters. The third-order valence-electron chi connectivity index (χ3n) is 4.22. The van der Waals surface area contributed by atoms with Gasteiger partial charge in [0.2, 0.25) is 0 Å². The van der Waals surface area contributed by atoms with Gasteiger partial charge in [-0.2, -0.15) is 0 Å². The maximum atomic E-state index is 11.4. The van der Waals surface area contributed by atoms with Gasteiger partial charge in [-0.05, 0) is 43.4 Å². The Labute approximate surface area is 99.8 Å². The first-order valence-electron chi connectivity index (χ1n) is 6.67. The van der Waals surface area contributed by atoms with Gasteiger partial charge in [0.15, 0.2) is 0 Å². The van der Waals surface area contributed by atoms with Crippen LogP contribution < -0.4 is 0 Å². The number of carbonyl (C=O) groups excluding carboxylic acids is 1. The van der Waals surface area contributed by atoms with Crippen LogP contribution in [0.5, 0.6) is 0 Å². The van der Waals surface area contributed by atoms with Crippen molar-refractivity contribution in [1.29, 1.82) is 0 Å². The zero-order valence-corrected chi connectivity index (χ0v) is 11.2. The fourth-order valence-electron chi connectivity index (χ4n) is 2.39. The van der Waals surface area contributed by atoms with Crippen molar-refractivity contribution in [2.75, 3.05) is 0 Å². The average molecular weight is 226 g/mol. The van der Waals surface area contributed by atoms with Crippen LogP contribution in [0.15, 0.2) is 0 Å². The minimum atomic E-state index is -0.0133. The van der Waals surface area contributed by atoms with E-state index in [9.17, 15) is 4.79 Å². The van der Waals surface area contributed by atoms with Crippen molar-refractivity contribution in [1.82, 2.24) is 0 Å². The van der Waals surface area contributed by atoms with Crippen LogP contribution in [-0.4, -0.2) is 12.1 Å². The molecule has 0 aromatic carbocycles. The van der Waals surface area contributed by atoms with Crippen molar-refractivity contribution in [2.45, 2.75) is 72.3 Å². The second-order valence-corrected chi connectivity index (χ2v) is 5.75. The van der Waals surface area contributed by atoms with Gasteiger partial charge in [-0.25, -0.2) is 0 Å². The number of esters is 1. The van der Waals surface area contributed by atoms with E-state index in [1.165, 1.54) is 12.8 Å². The van der Waals surface area contributed by atoms with Crippen LogP contribution in [-0.2, 0) is 9.53 Å². The minimum absolute atomic E-state index is 0.0133. The van der Waals surface area contributed by atoms with Gasteiger partial charge in [0.1, 0.15) is 6.10 Å². The Kier molecular flexibility index (Phi) is 4.82. The van der Waals surface area contributed by atoms with Gasteiger partial charge in [0, 0.05) is 6.42 Å². The van der Waals surface area contributed by atoms with Gasteiger partial charge >= 0.3 is 5.97 Å². The molecule has 0 amide bonds. The molecular formula is C14H26O2. The third-order valence-corrected chi connectivity index (χ3v) is 4.22. The summed E-state index contributed by atoms with van der Waals surface area (Å²) >= 11 is 0. The molecule has 16 heavy (non-hydrogen) atoms. The lowest BCUT2D eigenvalue weighted by Crippen LogP contribution is -2.33. The van der Waals surface area contributed by atoms with E-state index < -0.39 is 0 Å². The number of hydrogen-bond acceptors (Lipinski definition) is 2. The van der Waals surface area contributed by atoms with E-state index >= 15 is 0 Å². The molecule has 1 aliphatic carbocycles. The van der Waals surface area contributed by atoms with Crippen molar-refractivity contribution >= 4 is 5.97 Å². The van der Waals surface area contributed by atoms with Crippen molar-refractivity contribution in [3.05, 3.63) is 0 Å². The molecule has 0 bridgehead atoms. The van der Waals surface area contributed by atoms with Crippen LogP contribution in [0.1, 0.15) is 66.2 Å². The molecule has 1 rings (SSSR count). The highest BCUT2D eigenvalue weighted by Crippen LogP contribution is 2.42. The van der Waals surface area contributed by atoms with Crippen molar-refractivity contribution in [2.24, 2.45) is 11.3 Å². The molecule has 0 spiro atoms. The van der Waals surface area contributed by atoms with Crippen molar-refractivity contribution < 1.29 is 9.53 Å². The first kappa shape index (κ1) is 13.5. The smallest absolute Gasteiger partial charge is 0.306 e. The quantitative estimate of drug-likeness (QED) is 0.679. The number of carbonyl (C=O) groups is 1. The molecule has 1 fully saturated rings. The predicted molar refractivity (Wildman–Crippen MR) is 66.2 cm³/mol. The molecule has 0 radical (unpaired) electrons. The zero-order chi connectivity index (χ0) is 12.2. The zero-order valence-electron chi connectivity index (χ0n) is 11.2. The molecule has 2 heteroatoms. The van der Waals surface area contributed by atoms with Crippen LogP contribution in [0.3, 0.4) is 0 Å². The third kappa shape index (κ3) is 3.50. The molecule has 2 nitrogen and oxygen atoms in total. The number of ether oxygens (including phenoxy) is 1. The van der Waals surface area contributed by atoms with E-state index in [4.69, 9.17) is 4.74 Å². The Morgan fingerprint density at radius 2 is 1.94 bits per heavy atom. The van der Waals surface area contributed by atoms with Crippen LogP contribution in [0.25, 0.3) is 0 Å². The van der Waals surface area contributed by atoms with Gasteiger partial charge in [0.05, 0.1) is 0 Å². The van der Waals surface area contributed by atoms with E-state index in [-0.39, 0.29) is 12.1 Å². The highest BCUT2D eigenvalue weighted by molar-refractivity contribution is 5.69. The van der Waals surface area contributed by atoms with Gasteiger partial charge in [-0.15, -0.1) is 0 Å². The van der Waals surface area contributed by atoms with Crippen molar-refractivity contribution in [3.63, 3.8) is 0 Å². The average Bonchev–Trinajstić information content (AvgIpc) is 2.22. The largest absolute Gasteiger partial charge is 0.462 e.